The van der Waals surface area contributed by atoms with Crippen molar-refractivity contribution in [3.8, 4) is 0 Å². The van der Waals surface area contributed by atoms with Crippen LogP contribution in [0.2, 0.25) is 0 Å². The van der Waals surface area contributed by atoms with E-state index in [1.807, 2.05) is 52.4 Å². The molecule has 2 aromatic carbocycles. The number of carbonyl (C=O) groups excluding carboxylic acids is 1. The summed E-state index contributed by atoms with van der Waals surface area (Å²) in [5, 5.41) is 4.13. The predicted molar refractivity (Wildman–Crippen MR) is 117 cm³/mol. The average Bonchev–Trinajstić information content (AvgIpc) is 3.35. The van der Waals surface area contributed by atoms with Crippen LogP contribution >= 0.6 is 0 Å². The third-order valence-corrected chi connectivity index (χ3v) is 8.68. The summed E-state index contributed by atoms with van der Waals surface area (Å²) in [7, 11) is 0. The lowest BCUT2D eigenvalue weighted by Crippen LogP contribution is -2.50. The van der Waals surface area contributed by atoms with E-state index in [9.17, 15) is 4.79 Å². The van der Waals surface area contributed by atoms with Crippen molar-refractivity contribution in [3.63, 3.8) is 0 Å². The van der Waals surface area contributed by atoms with Crippen molar-refractivity contribution in [2.24, 2.45) is 16.7 Å². The molecule has 6 rings (SSSR count). The molecule has 5 nitrogen and oxygen atoms in total. The van der Waals surface area contributed by atoms with E-state index in [-0.39, 0.29) is 29.0 Å². The molecule has 2 heterocycles. The monoisotopic (exact) mass is 403 g/mol. The Morgan fingerprint density at radius 1 is 0.967 bits per heavy atom. The molecule has 5 atom stereocenters. The molecule has 2 aromatic rings. The number of ether oxygens (including phenoxy) is 1. The van der Waals surface area contributed by atoms with Gasteiger partial charge in [-0.25, -0.2) is 9.80 Å². The van der Waals surface area contributed by atoms with Crippen LogP contribution in [0.15, 0.2) is 54.6 Å². The molecule has 2 aliphatic carbocycles. The molecule has 0 spiro atoms. The first kappa shape index (κ1) is 18.4. The summed E-state index contributed by atoms with van der Waals surface area (Å²) < 4.78 is 6.78. The summed E-state index contributed by atoms with van der Waals surface area (Å²) in [4.78, 5) is 15.6. The van der Waals surface area contributed by atoms with E-state index < -0.39 is 6.35 Å². The van der Waals surface area contributed by atoms with Crippen LogP contribution < -0.4 is 9.91 Å². The van der Waals surface area contributed by atoms with Gasteiger partial charge in [0.05, 0.1) is 17.8 Å². The molecule has 30 heavy (non-hydrogen) atoms. The molecule has 156 valence electrons. The summed E-state index contributed by atoms with van der Waals surface area (Å²) in [6.07, 6.45) is 2.12. The minimum atomic E-state index is -0.396. The molecule has 2 unspecified atom stereocenters. The Hall–Kier alpha value is -2.37. The maximum absolute atomic E-state index is 13.8. The van der Waals surface area contributed by atoms with Crippen molar-refractivity contribution in [2.45, 2.75) is 59.0 Å². The van der Waals surface area contributed by atoms with Crippen LogP contribution in [0.4, 0.5) is 16.2 Å². The molecular formula is C25H29N3O2. The molecule has 2 saturated heterocycles. The van der Waals surface area contributed by atoms with Crippen LogP contribution in [0, 0.1) is 23.7 Å². The van der Waals surface area contributed by atoms with E-state index in [0.29, 0.717) is 5.92 Å². The molecule has 5 heteroatoms. The third kappa shape index (κ3) is 2.07. The lowest BCUT2D eigenvalue weighted by molar-refractivity contribution is -0.0616. The van der Waals surface area contributed by atoms with Crippen LogP contribution in [0.25, 0.3) is 0 Å². The number of rotatable bonds is 2. The van der Waals surface area contributed by atoms with Gasteiger partial charge in [-0.2, -0.15) is 5.01 Å². The lowest BCUT2D eigenvalue weighted by atomic mass is 9.70. The number of para-hydroxylation sites is 1. The Bertz CT molecular complexity index is 1000. The highest BCUT2D eigenvalue weighted by molar-refractivity contribution is 6.05. The number of hydrazine groups is 1. The lowest BCUT2D eigenvalue weighted by Gasteiger charge is -2.38. The zero-order valence-corrected chi connectivity index (χ0v) is 18.1. The number of benzene rings is 2. The van der Waals surface area contributed by atoms with Crippen LogP contribution in [-0.2, 0) is 4.74 Å². The fourth-order valence-corrected chi connectivity index (χ4v) is 6.61. The largest absolute Gasteiger partial charge is 0.347 e. The Balaban J connectivity index is 1.49. The second-order valence-electron chi connectivity index (χ2n) is 10.2. The van der Waals surface area contributed by atoms with Gasteiger partial charge in [0, 0.05) is 11.1 Å². The van der Waals surface area contributed by atoms with Crippen molar-refractivity contribution in [1.82, 2.24) is 5.01 Å². The van der Waals surface area contributed by atoms with Gasteiger partial charge in [0.25, 0.3) is 0 Å². The maximum Gasteiger partial charge on any atom is 0.347 e. The zero-order valence-electron chi connectivity index (χ0n) is 18.1. The minimum Gasteiger partial charge on any atom is -0.337 e. The molecule has 0 radical (unpaired) electrons. The second kappa shape index (κ2) is 5.86. The minimum absolute atomic E-state index is 0.0424. The van der Waals surface area contributed by atoms with E-state index in [4.69, 9.17) is 4.74 Å². The van der Waals surface area contributed by atoms with Crippen LogP contribution in [0.5, 0.6) is 0 Å². The van der Waals surface area contributed by atoms with Crippen LogP contribution in [0.1, 0.15) is 39.2 Å². The number of nitrogens with zero attached hydrogens (tertiary/aromatic N) is 3. The standard InChI is InChI=1S/C25H29N3O2/c1-16-10-12-18(13-11-16)27-22(29)26(17-8-6-5-7-9-17)23-28(27)20-19-14-15-25(4,21(20)30-23)24(19,2)3/h5-13,19-21,23H,14-15H2,1-4H3/t19-,20?,21?,23+,25+/m1/s1. The van der Waals surface area contributed by atoms with Gasteiger partial charge in [-0.05, 0) is 55.4 Å². The number of fused-ring (bicyclic) bond motifs is 7. The van der Waals surface area contributed by atoms with Crippen molar-refractivity contribution >= 4 is 17.4 Å². The summed E-state index contributed by atoms with van der Waals surface area (Å²) in [6.45, 7) is 9.25. The number of amides is 2. The van der Waals surface area contributed by atoms with Gasteiger partial charge in [-0.15, -0.1) is 0 Å². The zero-order chi connectivity index (χ0) is 20.8. The van der Waals surface area contributed by atoms with Gasteiger partial charge in [-0.3, -0.25) is 4.90 Å². The molecule has 0 N–H and O–H groups in total. The van der Waals surface area contributed by atoms with Crippen molar-refractivity contribution in [3.05, 3.63) is 60.2 Å². The number of aryl methyl sites for hydroxylation is 1. The molecule has 2 amide bonds. The maximum atomic E-state index is 13.8. The first-order valence-electron chi connectivity index (χ1n) is 11.0. The topological polar surface area (TPSA) is 36.0 Å². The Kier molecular flexibility index (Phi) is 3.60. The van der Waals surface area contributed by atoms with Gasteiger partial charge >= 0.3 is 6.03 Å². The predicted octanol–water partition coefficient (Wildman–Crippen LogP) is 5.17. The van der Waals surface area contributed by atoms with Gasteiger partial charge < -0.3 is 4.74 Å². The third-order valence-electron chi connectivity index (χ3n) is 8.68. The normalized spacial score (nSPS) is 36.5. The molecular weight excluding hydrogens is 374 g/mol. The average molecular weight is 404 g/mol. The molecule has 4 fully saturated rings. The Morgan fingerprint density at radius 3 is 2.37 bits per heavy atom. The molecule has 2 saturated carbocycles. The summed E-state index contributed by atoms with van der Waals surface area (Å²) in [5.74, 6) is 0.508. The molecule has 0 aromatic heterocycles. The van der Waals surface area contributed by atoms with Crippen molar-refractivity contribution in [2.75, 3.05) is 9.91 Å². The van der Waals surface area contributed by atoms with E-state index in [0.717, 1.165) is 11.4 Å². The fourth-order valence-electron chi connectivity index (χ4n) is 6.61. The highest BCUT2D eigenvalue weighted by Gasteiger charge is 2.74. The van der Waals surface area contributed by atoms with Crippen molar-refractivity contribution in [1.29, 1.82) is 0 Å². The summed E-state index contributed by atoms with van der Waals surface area (Å²) in [5.41, 5.74) is 3.28. The van der Waals surface area contributed by atoms with Crippen LogP contribution in [0.3, 0.4) is 0 Å². The highest BCUT2D eigenvalue weighted by Crippen LogP contribution is 2.70. The van der Waals surface area contributed by atoms with E-state index in [1.165, 1.54) is 18.4 Å². The SMILES string of the molecule is Cc1ccc(N2C(=O)N(c3ccccc3)[C@@H]3OC4C([C@H]5CC[C@]4(C)C5(C)C)N32)cc1. The van der Waals surface area contributed by atoms with Gasteiger partial charge in [0.2, 0.25) is 6.35 Å². The van der Waals surface area contributed by atoms with E-state index in [2.05, 4.69) is 44.8 Å². The summed E-state index contributed by atoms with van der Waals surface area (Å²) in [6, 6.07) is 18.3. The van der Waals surface area contributed by atoms with Gasteiger partial charge in [0.15, 0.2) is 0 Å². The van der Waals surface area contributed by atoms with Gasteiger partial charge in [0.1, 0.15) is 0 Å². The quantitative estimate of drug-likeness (QED) is 0.694. The smallest absolute Gasteiger partial charge is 0.337 e. The van der Waals surface area contributed by atoms with Crippen molar-refractivity contribution < 1.29 is 9.53 Å². The number of hydrogen-bond acceptors (Lipinski definition) is 3. The molecule has 4 aliphatic rings. The summed E-state index contributed by atoms with van der Waals surface area (Å²) >= 11 is 0. The van der Waals surface area contributed by atoms with E-state index in [1.54, 1.807) is 0 Å². The Labute approximate surface area is 178 Å². The first-order chi connectivity index (χ1) is 14.3. The number of carbonyl (C=O) groups is 1. The first-order valence-corrected chi connectivity index (χ1v) is 11.0. The Morgan fingerprint density at radius 2 is 1.67 bits per heavy atom. The number of urea groups is 1. The molecule has 2 aliphatic heterocycles. The molecule has 2 bridgehead atoms. The second-order valence-corrected chi connectivity index (χ2v) is 10.2. The van der Waals surface area contributed by atoms with E-state index >= 15 is 0 Å². The fraction of sp³-hybridized carbons (Fsp3) is 0.480. The van der Waals surface area contributed by atoms with Crippen LogP contribution in [-0.4, -0.2) is 29.5 Å². The van der Waals surface area contributed by atoms with Gasteiger partial charge in [-0.1, -0.05) is 56.7 Å². The number of anilines is 2. The highest BCUT2D eigenvalue weighted by atomic mass is 16.6. The number of hydrogen-bond donors (Lipinski definition) is 0.